The van der Waals surface area contributed by atoms with Gasteiger partial charge in [0.05, 0.1) is 0 Å². The fraction of sp³-hybridized carbons (Fsp3) is 0.600. The monoisotopic (exact) mass is 295 g/mol. The molecular weight excluding hydrogens is 274 g/mol. The fourth-order valence-corrected chi connectivity index (χ4v) is 3.56. The van der Waals surface area contributed by atoms with Gasteiger partial charge in [0, 0.05) is 10.5 Å². The standard InChI is InChI=1S/C15H22BrN/c1-10-3-6-12(7-4-10)15(17)13-8-5-11(2)9-14(13)16/h5,8-10,12,15H,3-4,6-7,17H2,1-2H3. The van der Waals surface area contributed by atoms with Crippen LogP contribution in [-0.4, -0.2) is 0 Å². The van der Waals surface area contributed by atoms with Crippen molar-refractivity contribution in [3.63, 3.8) is 0 Å². The first kappa shape index (κ1) is 13.1. The van der Waals surface area contributed by atoms with Gasteiger partial charge >= 0.3 is 0 Å². The Kier molecular flexibility index (Phi) is 4.26. The molecule has 1 nitrogen and oxygen atoms in total. The van der Waals surface area contributed by atoms with Gasteiger partial charge in [-0.1, -0.05) is 47.8 Å². The van der Waals surface area contributed by atoms with Crippen molar-refractivity contribution in [1.29, 1.82) is 0 Å². The molecule has 1 aliphatic carbocycles. The van der Waals surface area contributed by atoms with Gasteiger partial charge in [0.25, 0.3) is 0 Å². The summed E-state index contributed by atoms with van der Waals surface area (Å²) in [4.78, 5) is 0. The molecule has 1 fully saturated rings. The highest BCUT2D eigenvalue weighted by Gasteiger charge is 2.25. The Morgan fingerprint density at radius 3 is 2.47 bits per heavy atom. The highest BCUT2D eigenvalue weighted by atomic mass is 79.9. The third kappa shape index (κ3) is 3.11. The average Bonchev–Trinajstić information content (AvgIpc) is 2.29. The Bertz CT molecular complexity index is 381. The van der Waals surface area contributed by atoms with Gasteiger partial charge in [-0.15, -0.1) is 0 Å². The second-order valence-corrected chi connectivity index (χ2v) is 6.43. The summed E-state index contributed by atoms with van der Waals surface area (Å²) < 4.78 is 1.17. The summed E-state index contributed by atoms with van der Waals surface area (Å²) in [6.07, 6.45) is 5.23. The molecule has 94 valence electrons. The molecule has 1 aliphatic rings. The first-order valence-corrected chi connectivity index (χ1v) is 7.39. The van der Waals surface area contributed by atoms with E-state index in [0.29, 0.717) is 5.92 Å². The lowest BCUT2D eigenvalue weighted by Crippen LogP contribution is -2.25. The minimum atomic E-state index is 0.192. The number of benzene rings is 1. The van der Waals surface area contributed by atoms with Crippen LogP contribution in [0.4, 0.5) is 0 Å². The second-order valence-electron chi connectivity index (χ2n) is 5.57. The molecule has 0 saturated heterocycles. The van der Waals surface area contributed by atoms with Gasteiger partial charge in [0.15, 0.2) is 0 Å². The summed E-state index contributed by atoms with van der Waals surface area (Å²) in [7, 11) is 0. The zero-order valence-corrected chi connectivity index (χ0v) is 12.3. The first-order chi connectivity index (χ1) is 8.08. The molecule has 0 aromatic heterocycles. The zero-order valence-electron chi connectivity index (χ0n) is 10.7. The molecule has 0 aliphatic heterocycles. The number of nitrogens with two attached hydrogens (primary N) is 1. The van der Waals surface area contributed by atoms with E-state index in [2.05, 4.69) is 48.0 Å². The fourth-order valence-electron chi connectivity index (χ4n) is 2.80. The van der Waals surface area contributed by atoms with Crippen LogP contribution in [0.25, 0.3) is 0 Å². The summed E-state index contributed by atoms with van der Waals surface area (Å²) in [6.45, 7) is 4.46. The van der Waals surface area contributed by atoms with Crippen LogP contribution in [0.5, 0.6) is 0 Å². The van der Waals surface area contributed by atoms with Gasteiger partial charge in [-0.2, -0.15) is 0 Å². The van der Waals surface area contributed by atoms with Crippen LogP contribution in [0.1, 0.15) is 49.8 Å². The Hall–Kier alpha value is -0.340. The molecule has 0 amide bonds. The number of rotatable bonds is 2. The third-order valence-corrected chi connectivity index (χ3v) is 4.77. The van der Waals surface area contributed by atoms with Crippen molar-refractivity contribution in [2.24, 2.45) is 17.6 Å². The largest absolute Gasteiger partial charge is 0.324 e. The highest BCUT2D eigenvalue weighted by molar-refractivity contribution is 9.10. The van der Waals surface area contributed by atoms with E-state index < -0.39 is 0 Å². The minimum absolute atomic E-state index is 0.192. The maximum atomic E-state index is 6.44. The maximum Gasteiger partial charge on any atom is 0.0334 e. The van der Waals surface area contributed by atoms with E-state index in [0.717, 1.165) is 5.92 Å². The van der Waals surface area contributed by atoms with E-state index in [9.17, 15) is 0 Å². The number of hydrogen-bond acceptors (Lipinski definition) is 1. The van der Waals surface area contributed by atoms with E-state index in [4.69, 9.17) is 5.73 Å². The van der Waals surface area contributed by atoms with Gasteiger partial charge < -0.3 is 5.73 Å². The summed E-state index contributed by atoms with van der Waals surface area (Å²) in [6, 6.07) is 6.70. The van der Waals surface area contributed by atoms with Crippen LogP contribution in [0.15, 0.2) is 22.7 Å². The lowest BCUT2D eigenvalue weighted by molar-refractivity contribution is 0.256. The average molecular weight is 296 g/mol. The van der Waals surface area contributed by atoms with Gasteiger partial charge in [-0.05, 0) is 48.8 Å². The summed E-state index contributed by atoms with van der Waals surface area (Å²) in [5, 5.41) is 0. The van der Waals surface area contributed by atoms with Crippen molar-refractivity contribution in [2.75, 3.05) is 0 Å². The number of halogens is 1. The molecule has 1 aromatic rings. The Morgan fingerprint density at radius 1 is 1.24 bits per heavy atom. The first-order valence-electron chi connectivity index (χ1n) is 6.59. The zero-order chi connectivity index (χ0) is 12.4. The molecule has 2 rings (SSSR count). The van der Waals surface area contributed by atoms with E-state index in [1.165, 1.54) is 41.3 Å². The number of hydrogen-bond donors (Lipinski definition) is 1. The lowest BCUT2D eigenvalue weighted by atomic mass is 9.77. The van der Waals surface area contributed by atoms with Crippen molar-refractivity contribution >= 4 is 15.9 Å². The van der Waals surface area contributed by atoms with Crippen molar-refractivity contribution in [1.82, 2.24) is 0 Å². The van der Waals surface area contributed by atoms with Crippen LogP contribution in [0, 0.1) is 18.8 Å². The van der Waals surface area contributed by atoms with Crippen LogP contribution in [0.2, 0.25) is 0 Å². The van der Waals surface area contributed by atoms with Crippen molar-refractivity contribution in [2.45, 2.75) is 45.6 Å². The molecule has 1 atom stereocenters. The van der Waals surface area contributed by atoms with Crippen molar-refractivity contribution in [3.8, 4) is 0 Å². The lowest BCUT2D eigenvalue weighted by Gasteiger charge is -2.31. The van der Waals surface area contributed by atoms with E-state index in [-0.39, 0.29) is 6.04 Å². The van der Waals surface area contributed by atoms with Gasteiger partial charge in [-0.3, -0.25) is 0 Å². The molecule has 1 saturated carbocycles. The topological polar surface area (TPSA) is 26.0 Å². The second kappa shape index (κ2) is 5.53. The van der Waals surface area contributed by atoms with Crippen LogP contribution >= 0.6 is 15.9 Å². The molecule has 17 heavy (non-hydrogen) atoms. The van der Waals surface area contributed by atoms with E-state index in [1.54, 1.807) is 0 Å². The molecule has 0 radical (unpaired) electrons. The Morgan fingerprint density at radius 2 is 1.88 bits per heavy atom. The molecule has 0 heterocycles. The Balaban J connectivity index is 2.11. The summed E-state index contributed by atoms with van der Waals surface area (Å²) >= 11 is 3.65. The predicted octanol–water partition coefficient (Wildman–Crippen LogP) is 4.58. The normalized spacial score (nSPS) is 26.8. The van der Waals surface area contributed by atoms with Crippen LogP contribution in [0.3, 0.4) is 0 Å². The molecule has 0 bridgehead atoms. The van der Waals surface area contributed by atoms with E-state index in [1.807, 2.05) is 0 Å². The van der Waals surface area contributed by atoms with Gasteiger partial charge in [0.1, 0.15) is 0 Å². The molecular formula is C15H22BrN. The molecule has 0 spiro atoms. The highest BCUT2D eigenvalue weighted by Crippen LogP contribution is 2.37. The smallest absolute Gasteiger partial charge is 0.0334 e. The molecule has 2 heteroatoms. The third-order valence-electron chi connectivity index (χ3n) is 4.08. The van der Waals surface area contributed by atoms with Crippen LogP contribution < -0.4 is 5.73 Å². The molecule has 1 unspecified atom stereocenters. The minimum Gasteiger partial charge on any atom is -0.324 e. The Labute approximate surface area is 113 Å². The summed E-state index contributed by atoms with van der Waals surface area (Å²) in [5.74, 6) is 1.55. The van der Waals surface area contributed by atoms with Gasteiger partial charge in [0.2, 0.25) is 0 Å². The van der Waals surface area contributed by atoms with Crippen LogP contribution in [-0.2, 0) is 0 Å². The van der Waals surface area contributed by atoms with Gasteiger partial charge in [-0.25, -0.2) is 0 Å². The quantitative estimate of drug-likeness (QED) is 0.849. The van der Waals surface area contributed by atoms with Crippen molar-refractivity contribution in [3.05, 3.63) is 33.8 Å². The molecule has 1 aromatic carbocycles. The predicted molar refractivity (Wildman–Crippen MR) is 76.9 cm³/mol. The summed E-state index contributed by atoms with van der Waals surface area (Å²) in [5.41, 5.74) is 8.99. The van der Waals surface area contributed by atoms with E-state index >= 15 is 0 Å². The SMILES string of the molecule is Cc1ccc(C(N)C2CCC(C)CC2)c(Br)c1. The number of aryl methyl sites for hydroxylation is 1. The molecule has 2 N–H and O–H groups in total. The maximum absolute atomic E-state index is 6.44. The van der Waals surface area contributed by atoms with Crippen molar-refractivity contribution < 1.29 is 0 Å².